The number of fused-ring (bicyclic) bond motifs is 3. The largest absolute Gasteiger partial charge is 0.399 e. The summed E-state index contributed by atoms with van der Waals surface area (Å²) in [6.45, 7) is 30.9. The zero-order valence-electron chi connectivity index (χ0n) is 28.6. The van der Waals surface area contributed by atoms with Crippen molar-refractivity contribution in [2.75, 3.05) is 11.5 Å². The minimum Gasteiger partial charge on any atom is -0.399 e. The van der Waals surface area contributed by atoms with E-state index in [1.807, 2.05) is 41.5 Å². The predicted octanol–water partition coefficient (Wildman–Crippen LogP) is 12.6. The van der Waals surface area contributed by atoms with Crippen LogP contribution in [0.25, 0.3) is 0 Å². The van der Waals surface area contributed by atoms with Gasteiger partial charge in [0.2, 0.25) is 0 Å². The molecule has 1 saturated carbocycles. The van der Waals surface area contributed by atoms with Gasteiger partial charge in [0.25, 0.3) is 0 Å². The van der Waals surface area contributed by atoms with E-state index in [2.05, 4.69) is 85.4 Å². The lowest BCUT2D eigenvalue weighted by atomic mass is 9.64. The molecule has 4 unspecified atom stereocenters. The van der Waals surface area contributed by atoms with E-state index < -0.39 is 0 Å². The molecule has 2 aliphatic carbocycles. The molecule has 0 aromatic heterocycles. The Morgan fingerprint density at radius 2 is 1.55 bits per heavy atom. The first-order valence-corrected chi connectivity index (χ1v) is 17.6. The fraction of sp³-hybridized carbons (Fsp3) is 0.833. The normalized spacial score (nSPS) is 22.1. The molecule has 1 aromatic rings. The summed E-state index contributed by atoms with van der Waals surface area (Å²) in [5.74, 6) is 4.69. The number of thioether (sulfide) groups is 1. The highest BCUT2D eigenvalue weighted by Gasteiger charge is 2.50. The third-order valence-electron chi connectivity index (χ3n) is 8.79. The Morgan fingerprint density at radius 3 is 2.03 bits per heavy atom. The van der Waals surface area contributed by atoms with Crippen molar-refractivity contribution in [1.82, 2.24) is 0 Å². The van der Waals surface area contributed by atoms with Gasteiger partial charge >= 0.3 is 0 Å². The van der Waals surface area contributed by atoms with Crippen molar-refractivity contribution < 1.29 is 0 Å². The smallest absolute Gasteiger partial charge is 0.0316 e. The summed E-state index contributed by atoms with van der Waals surface area (Å²) in [6.07, 6.45) is 12.0. The second-order valence-electron chi connectivity index (χ2n) is 11.6. The van der Waals surface area contributed by atoms with Gasteiger partial charge < -0.3 is 5.73 Å². The van der Waals surface area contributed by atoms with E-state index in [9.17, 15) is 0 Å². The molecular formula is C36H71NS. The number of hydrogen-bond acceptors (Lipinski definition) is 2. The van der Waals surface area contributed by atoms with Crippen molar-refractivity contribution in [3.8, 4) is 0 Å². The van der Waals surface area contributed by atoms with E-state index in [-0.39, 0.29) is 0 Å². The molecule has 0 bridgehead atoms. The number of nitrogen functional groups attached to an aromatic ring is 1. The van der Waals surface area contributed by atoms with Gasteiger partial charge in [-0.15, -0.1) is 0 Å². The second-order valence-corrected chi connectivity index (χ2v) is 13.4. The molecule has 226 valence electrons. The van der Waals surface area contributed by atoms with Gasteiger partial charge in [0, 0.05) is 10.4 Å². The van der Waals surface area contributed by atoms with Crippen LogP contribution in [-0.2, 0) is 6.42 Å². The Kier molecular flexibility index (Phi) is 22.0. The molecule has 4 atom stereocenters. The summed E-state index contributed by atoms with van der Waals surface area (Å²) in [5.41, 5.74) is 10.7. The summed E-state index contributed by atoms with van der Waals surface area (Å²) in [4.78, 5) is 0. The summed E-state index contributed by atoms with van der Waals surface area (Å²) < 4.78 is 0.412. The topological polar surface area (TPSA) is 26.0 Å². The van der Waals surface area contributed by atoms with Gasteiger partial charge in [0.1, 0.15) is 0 Å². The first kappa shape index (κ1) is 39.5. The van der Waals surface area contributed by atoms with Crippen molar-refractivity contribution >= 4 is 17.4 Å². The van der Waals surface area contributed by atoms with Crippen LogP contribution in [0.15, 0.2) is 18.2 Å². The number of rotatable bonds is 9. The van der Waals surface area contributed by atoms with Crippen molar-refractivity contribution in [1.29, 1.82) is 0 Å². The third-order valence-corrected chi connectivity index (χ3v) is 10.4. The van der Waals surface area contributed by atoms with Crippen molar-refractivity contribution in [3.63, 3.8) is 0 Å². The van der Waals surface area contributed by atoms with Gasteiger partial charge in [-0.25, -0.2) is 0 Å². The van der Waals surface area contributed by atoms with Crippen LogP contribution in [-0.4, -0.2) is 10.5 Å². The number of hydrogen-bond donors (Lipinski definition) is 1. The van der Waals surface area contributed by atoms with E-state index >= 15 is 0 Å². The molecule has 1 aromatic carbocycles. The fourth-order valence-corrected chi connectivity index (χ4v) is 7.41. The summed E-state index contributed by atoms with van der Waals surface area (Å²) >= 11 is 2.17. The number of benzene rings is 1. The van der Waals surface area contributed by atoms with Crippen LogP contribution < -0.4 is 5.73 Å². The third kappa shape index (κ3) is 12.3. The first-order valence-electron chi connectivity index (χ1n) is 16.6. The zero-order valence-corrected chi connectivity index (χ0v) is 29.4. The monoisotopic (exact) mass is 550 g/mol. The Morgan fingerprint density at radius 1 is 0.974 bits per heavy atom. The van der Waals surface area contributed by atoms with E-state index in [1.165, 1.54) is 69.1 Å². The van der Waals surface area contributed by atoms with Crippen LogP contribution in [0.3, 0.4) is 0 Å². The van der Waals surface area contributed by atoms with E-state index in [4.69, 9.17) is 5.73 Å². The van der Waals surface area contributed by atoms with Crippen LogP contribution in [0, 0.1) is 23.2 Å². The molecule has 2 heteroatoms. The lowest BCUT2D eigenvalue weighted by Gasteiger charge is -2.40. The fourth-order valence-electron chi connectivity index (χ4n) is 6.27. The van der Waals surface area contributed by atoms with Crippen LogP contribution in [0.1, 0.15) is 165 Å². The molecule has 0 spiro atoms. The average molecular weight is 550 g/mol. The highest BCUT2D eigenvalue weighted by Crippen LogP contribution is 2.61. The molecule has 0 saturated heterocycles. The van der Waals surface area contributed by atoms with E-state index in [0.29, 0.717) is 10.2 Å². The van der Waals surface area contributed by atoms with Gasteiger partial charge in [-0.05, 0) is 103 Å². The van der Waals surface area contributed by atoms with Crippen LogP contribution >= 0.6 is 11.8 Å². The summed E-state index contributed by atoms with van der Waals surface area (Å²) in [7, 11) is 0. The van der Waals surface area contributed by atoms with Gasteiger partial charge in [-0.3, -0.25) is 0 Å². The molecule has 2 N–H and O–H groups in total. The molecule has 0 aliphatic heterocycles. The maximum Gasteiger partial charge on any atom is 0.0316 e. The number of aryl methyl sites for hydroxylation is 1. The average Bonchev–Trinajstić information content (AvgIpc) is 3.36. The Hall–Kier alpha value is -0.630. The van der Waals surface area contributed by atoms with Crippen LogP contribution in [0.2, 0.25) is 0 Å². The Bertz CT molecular complexity index is 693. The van der Waals surface area contributed by atoms with Gasteiger partial charge in [-0.2, -0.15) is 11.8 Å². The molecule has 1 nitrogen and oxygen atoms in total. The van der Waals surface area contributed by atoms with Crippen molar-refractivity contribution in [2.45, 2.75) is 165 Å². The van der Waals surface area contributed by atoms with Crippen LogP contribution in [0.5, 0.6) is 0 Å². The quantitative estimate of drug-likeness (QED) is 0.310. The number of anilines is 1. The summed E-state index contributed by atoms with van der Waals surface area (Å²) in [6, 6.07) is 6.73. The zero-order chi connectivity index (χ0) is 29.9. The highest BCUT2D eigenvalue weighted by molar-refractivity contribution is 8.00. The molecule has 38 heavy (non-hydrogen) atoms. The highest BCUT2D eigenvalue weighted by atomic mass is 32.2. The minimum atomic E-state index is 0.412. The van der Waals surface area contributed by atoms with Crippen LogP contribution in [0.4, 0.5) is 5.69 Å². The number of nitrogens with two attached hydrogens (primary N) is 1. The predicted molar refractivity (Wildman–Crippen MR) is 182 cm³/mol. The van der Waals surface area contributed by atoms with E-state index in [0.717, 1.165) is 29.4 Å². The second kappa shape index (κ2) is 21.2. The van der Waals surface area contributed by atoms with Crippen molar-refractivity contribution in [2.24, 2.45) is 23.2 Å². The molecule has 0 heterocycles. The lowest BCUT2D eigenvalue weighted by Crippen LogP contribution is -2.29. The minimum absolute atomic E-state index is 0.412. The van der Waals surface area contributed by atoms with Gasteiger partial charge in [-0.1, -0.05) is 116 Å². The molecule has 2 aliphatic rings. The molecule has 0 radical (unpaired) electrons. The maximum atomic E-state index is 6.07. The molecule has 1 fully saturated rings. The maximum absolute atomic E-state index is 6.07. The molecular weight excluding hydrogens is 478 g/mol. The summed E-state index contributed by atoms with van der Waals surface area (Å²) in [5, 5.41) is 0. The Labute approximate surface area is 246 Å². The SMILES string of the molecule is CC.CC.CC.CCC(C)CC.CCCSC(C)(C)CC(C)C1CC2c3ccc(N)cc3CCC2(CC)C1. The molecule has 3 rings (SSSR count). The molecule has 0 amide bonds. The Balaban J connectivity index is 0. The first-order chi connectivity index (χ1) is 18.1. The van der Waals surface area contributed by atoms with Crippen molar-refractivity contribution in [3.05, 3.63) is 29.3 Å². The van der Waals surface area contributed by atoms with E-state index in [1.54, 1.807) is 5.56 Å². The van der Waals surface area contributed by atoms with Gasteiger partial charge in [0.05, 0.1) is 0 Å². The van der Waals surface area contributed by atoms with Gasteiger partial charge in [0.15, 0.2) is 0 Å². The standard InChI is InChI=1S/C24H39NS.C6H14.3C2H6/c1-6-12-26-23(4,5)15-17(3)19-14-22-21-9-8-20(25)13-18(21)10-11-24(22,7-2)16-19;1-4-6(3)5-2;3*1-2/h8-9,13,17,19,22H,6-7,10-12,14-16,25H2,1-5H3;6H,4-5H2,1-3H3;3*1-2H3. The lowest BCUT2D eigenvalue weighted by molar-refractivity contribution is 0.195.